The van der Waals surface area contributed by atoms with Gasteiger partial charge in [0, 0.05) is 62.4 Å². The Morgan fingerprint density at radius 1 is 1.06 bits per heavy atom. The normalized spacial score (nSPS) is 24.2. The number of aryl methyl sites for hydroxylation is 1. The zero-order chi connectivity index (χ0) is 25.2. The lowest BCUT2D eigenvalue weighted by Crippen LogP contribution is -2.48. The molecule has 6 rings (SSSR count). The second kappa shape index (κ2) is 8.28. The molecule has 1 saturated carbocycles. The van der Waals surface area contributed by atoms with E-state index < -0.39 is 11.6 Å². The first-order chi connectivity index (χ1) is 17.2. The number of aromatic nitrogens is 4. The van der Waals surface area contributed by atoms with Crippen LogP contribution in [0.3, 0.4) is 0 Å². The maximum atomic E-state index is 14.1. The Morgan fingerprint density at radius 2 is 1.81 bits per heavy atom. The Bertz CT molecular complexity index is 1300. The smallest absolute Gasteiger partial charge is 0.318 e. The van der Waals surface area contributed by atoms with Gasteiger partial charge in [-0.05, 0) is 36.8 Å². The van der Waals surface area contributed by atoms with Gasteiger partial charge in [0.25, 0.3) is 0 Å². The van der Waals surface area contributed by atoms with Gasteiger partial charge in [0.05, 0.1) is 0 Å². The predicted octanol–water partition coefficient (Wildman–Crippen LogP) is 4.24. The fourth-order valence-electron chi connectivity index (χ4n) is 6.11. The minimum atomic E-state index is -0.875. The summed E-state index contributed by atoms with van der Waals surface area (Å²) < 4.78 is 33.4. The van der Waals surface area contributed by atoms with Crippen molar-refractivity contribution >= 4 is 29.3 Å². The van der Waals surface area contributed by atoms with E-state index in [-0.39, 0.29) is 11.5 Å². The van der Waals surface area contributed by atoms with Crippen LogP contribution in [0.25, 0.3) is 0 Å². The van der Waals surface area contributed by atoms with Gasteiger partial charge in [0.15, 0.2) is 11.6 Å². The van der Waals surface area contributed by atoms with E-state index >= 15 is 0 Å². The van der Waals surface area contributed by atoms with Gasteiger partial charge >= 0.3 is 6.01 Å². The van der Waals surface area contributed by atoms with E-state index in [2.05, 4.69) is 39.6 Å². The van der Waals surface area contributed by atoms with E-state index in [1.807, 2.05) is 11.9 Å². The van der Waals surface area contributed by atoms with Crippen LogP contribution in [0, 0.1) is 30.4 Å². The molecule has 0 amide bonds. The van der Waals surface area contributed by atoms with Gasteiger partial charge in [-0.1, -0.05) is 18.9 Å². The molecule has 3 aliphatic rings. The van der Waals surface area contributed by atoms with Gasteiger partial charge in [-0.25, -0.2) is 8.78 Å². The number of piperidine rings is 1. The Kier molecular flexibility index (Phi) is 5.27. The van der Waals surface area contributed by atoms with Crippen LogP contribution in [0.5, 0.6) is 0 Å². The van der Waals surface area contributed by atoms with E-state index in [4.69, 9.17) is 14.4 Å². The summed E-state index contributed by atoms with van der Waals surface area (Å²) in [7, 11) is 1.84. The summed E-state index contributed by atoms with van der Waals surface area (Å²) in [4.78, 5) is 13.9. The maximum Gasteiger partial charge on any atom is 0.318 e. The van der Waals surface area contributed by atoms with Gasteiger partial charge in [-0.2, -0.15) is 9.97 Å². The van der Waals surface area contributed by atoms with Crippen LogP contribution in [0.2, 0.25) is 0 Å². The third kappa shape index (κ3) is 3.72. The lowest BCUT2D eigenvalue weighted by Gasteiger charge is -2.37. The summed E-state index contributed by atoms with van der Waals surface area (Å²) in [6, 6.07) is 4.78. The van der Waals surface area contributed by atoms with Gasteiger partial charge in [-0.3, -0.25) is 0 Å². The van der Waals surface area contributed by atoms with Crippen molar-refractivity contribution in [3.05, 3.63) is 41.3 Å². The Hall–Kier alpha value is -3.50. The first kappa shape index (κ1) is 22.9. The molecule has 3 aromatic rings. The molecule has 0 radical (unpaired) electrons. The van der Waals surface area contributed by atoms with Crippen LogP contribution in [-0.4, -0.2) is 52.9 Å². The predicted molar refractivity (Wildman–Crippen MR) is 133 cm³/mol. The molecule has 1 aliphatic carbocycles. The number of halogens is 2. The number of nitrogens with zero attached hydrogens (tertiary/aromatic N) is 6. The Balaban J connectivity index is 1.31. The van der Waals surface area contributed by atoms with Crippen molar-refractivity contribution in [2.24, 2.45) is 11.8 Å². The standard InChI is InChI=1S/C25H30F2N8O/c1-13-32-33-24(36-13)34-10-14-5-6-15(11-34)20(14)29-23-30-21(28-4)19-22(31-23)35(12-25(19,2)3)16-7-8-17(26)18(27)9-16/h7-9,14-15,20H,5-6,10-12H2,1-4H3,(H2,28,29,30,31)/t14-,15+,20+. The average Bonchev–Trinajstić information content (AvgIpc) is 3.46. The Labute approximate surface area is 208 Å². The summed E-state index contributed by atoms with van der Waals surface area (Å²) in [5, 5.41) is 15.0. The summed E-state index contributed by atoms with van der Waals surface area (Å²) in [5.41, 5.74) is 1.24. The van der Waals surface area contributed by atoms with Crippen molar-refractivity contribution in [3.8, 4) is 0 Å². The fourth-order valence-corrected chi connectivity index (χ4v) is 6.11. The lowest BCUT2D eigenvalue weighted by molar-refractivity contribution is 0.357. The van der Waals surface area contributed by atoms with Gasteiger partial charge < -0.3 is 24.9 Å². The summed E-state index contributed by atoms with van der Waals surface area (Å²) >= 11 is 0. The first-order valence-electron chi connectivity index (χ1n) is 12.4. The number of benzene rings is 1. The second-order valence-electron chi connectivity index (χ2n) is 10.7. The van der Waals surface area contributed by atoms with Crippen molar-refractivity contribution in [2.75, 3.05) is 47.1 Å². The summed E-state index contributed by atoms with van der Waals surface area (Å²) in [5.74, 6) is 1.59. The third-order valence-electron chi connectivity index (χ3n) is 7.74. The zero-order valence-electron chi connectivity index (χ0n) is 20.8. The number of nitrogens with one attached hydrogen (secondary N) is 2. The first-order valence-corrected chi connectivity index (χ1v) is 12.4. The number of hydrogen-bond donors (Lipinski definition) is 2. The molecule has 1 aromatic carbocycles. The van der Waals surface area contributed by atoms with Crippen LogP contribution < -0.4 is 20.4 Å². The molecule has 11 heteroatoms. The number of rotatable bonds is 5. The van der Waals surface area contributed by atoms with Gasteiger partial charge in [-0.15, -0.1) is 5.10 Å². The highest BCUT2D eigenvalue weighted by molar-refractivity contribution is 5.75. The van der Waals surface area contributed by atoms with Gasteiger partial charge in [0.2, 0.25) is 11.8 Å². The molecule has 0 spiro atoms. The molecule has 2 N–H and O–H groups in total. The lowest BCUT2D eigenvalue weighted by atomic mass is 9.88. The van der Waals surface area contributed by atoms with Crippen LogP contribution in [0.4, 0.5) is 38.1 Å². The molecular formula is C25H30F2N8O. The summed E-state index contributed by atoms with van der Waals surface area (Å²) in [6.45, 7) is 8.25. The molecule has 0 unspecified atom stereocenters. The van der Waals surface area contributed by atoms with Crippen molar-refractivity contribution in [1.82, 2.24) is 20.2 Å². The summed E-state index contributed by atoms with van der Waals surface area (Å²) in [6.07, 6.45) is 2.20. The fraction of sp³-hybridized carbons (Fsp3) is 0.520. The van der Waals surface area contributed by atoms with Crippen molar-refractivity contribution in [3.63, 3.8) is 0 Å². The van der Waals surface area contributed by atoms with Crippen LogP contribution in [-0.2, 0) is 5.41 Å². The molecule has 9 nitrogen and oxygen atoms in total. The van der Waals surface area contributed by atoms with E-state index in [1.54, 1.807) is 13.0 Å². The number of fused-ring (bicyclic) bond motifs is 3. The minimum Gasteiger partial charge on any atom is -0.408 e. The highest BCUT2D eigenvalue weighted by Crippen LogP contribution is 2.47. The number of hydrogen-bond acceptors (Lipinski definition) is 9. The van der Waals surface area contributed by atoms with E-state index in [9.17, 15) is 8.78 Å². The molecule has 2 aliphatic heterocycles. The van der Waals surface area contributed by atoms with Crippen LogP contribution >= 0.6 is 0 Å². The monoisotopic (exact) mass is 496 g/mol. The minimum absolute atomic E-state index is 0.221. The van der Waals surface area contributed by atoms with Crippen LogP contribution in [0.15, 0.2) is 22.6 Å². The molecule has 3 atom stereocenters. The Morgan fingerprint density at radius 3 is 2.44 bits per heavy atom. The zero-order valence-corrected chi connectivity index (χ0v) is 20.8. The quantitative estimate of drug-likeness (QED) is 0.538. The van der Waals surface area contributed by atoms with Crippen molar-refractivity contribution < 1.29 is 13.2 Å². The molecular weight excluding hydrogens is 466 g/mol. The van der Waals surface area contributed by atoms with Crippen LogP contribution in [0.1, 0.15) is 38.1 Å². The van der Waals surface area contributed by atoms with Crippen molar-refractivity contribution in [1.29, 1.82) is 0 Å². The topological polar surface area (TPSA) is 95.2 Å². The van der Waals surface area contributed by atoms with E-state index in [0.29, 0.717) is 47.7 Å². The van der Waals surface area contributed by atoms with Gasteiger partial charge in [0.1, 0.15) is 11.6 Å². The SMILES string of the molecule is CNc1nc(N[C@H]2[C@@H]3CC[C@H]2CN(c2nnc(C)o2)C3)nc2c1C(C)(C)CN2c1ccc(F)c(F)c1. The molecule has 2 fully saturated rings. The molecule has 190 valence electrons. The molecule has 36 heavy (non-hydrogen) atoms. The molecule has 1 saturated heterocycles. The maximum absolute atomic E-state index is 14.1. The average molecular weight is 497 g/mol. The molecule has 4 heterocycles. The molecule has 2 aromatic heterocycles. The largest absolute Gasteiger partial charge is 0.408 e. The van der Waals surface area contributed by atoms with E-state index in [1.165, 1.54) is 6.07 Å². The third-order valence-corrected chi connectivity index (χ3v) is 7.74. The number of anilines is 5. The van der Waals surface area contributed by atoms with Crippen molar-refractivity contribution in [2.45, 2.75) is 45.1 Å². The molecule has 2 bridgehead atoms. The second-order valence-corrected chi connectivity index (χ2v) is 10.7. The highest BCUT2D eigenvalue weighted by atomic mass is 19.2. The highest BCUT2D eigenvalue weighted by Gasteiger charge is 2.45. The van der Waals surface area contributed by atoms with E-state index in [0.717, 1.165) is 43.4 Å².